The van der Waals surface area contributed by atoms with Crippen molar-refractivity contribution in [2.24, 2.45) is 0 Å². The van der Waals surface area contributed by atoms with E-state index in [-0.39, 0.29) is 5.56 Å². The van der Waals surface area contributed by atoms with Crippen LogP contribution in [0, 0.1) is 0 Å². The average Bonchev–Trinajstić information content (AvgIpc) is 2.87. The fourth-order valence-corrected chi connectivity index (χ4v) is 3.01. The van der Waals surface area contributed by atoms with Crippen LogP contribution < -0.4 is 9.05 Å². The SMILES string of the molecule is FC(F)(F)C(OP1Oc2ccccc2O1)c1ccccc1. The molecule has 1 unspecified atom stereocenters. The number of halogens is 3. The molecule has 110 valence electrons. The van der Waals surface area contributed by atoms with E-state index in [1.165, 1.54) is 24.3 Å². The normalized spacial score (nSPS) is 16.0. The lowest BCUT2D eigenvalue weighted by Crippen LogP contribution is -2.22. The van der Waals surface area contributed by atoms with Crippen LogP contribution in [0.2, 0.25) is 0 Å². The summed E-state index contributed by atoms with van der Waals surface area (Å²) < 4.78 is 55.1. The molecule has 0 bridgehead atoms. The Balaban J connectivity index is 1.78. The Labute approximate surface area is 120 Å². The number of fused-ring (bicyclic) bond motifs is 1. The van der Waals surface area contributed by atoms with Crippen LogP contribution >= 0.6 is 8.60 Å². The predicted molar refractivity (Wildman–Crippen MR) is 70.9 cm³/mol. The van der Waals surface area contributed by atoms with Crippen LogP contribution in [0.1, 0.15) is 11.7 Å². The van der Waals surface area contributed by atoms with Crippen LogP contribution in [0.25, 0.3) is 0 Å². The van der Waals surface area contributed by atoms with Crippen molar-refractivity contribution in [1.29, 1.82) is 0 Å². The molecule has 0 saturated carbocycles. The second kappa shape index (κ2) is 5.54. The third-order valence-electron chi connectivity index (χ3n) is 2.79. The van der Waals surface area contributed by atoms with Gasteiger partial charge in [0.2, 0.25) is 0 Å². The number of benzene rings is 2. The summed E-state index contributed by atoms with van der Waals surface area (Å²) in [6, 6.07) is 14.1. The highest BCUT2D eigenvalue weighted by Gasteiger charge is 2.46. The number of hydrogen-bond donors (Lipinski definition) is 0. The zero-order valence-electron chi connectivity index (χ0n) is 10.6. The molecule has 0 aromatic heterocycles. The largest absolute Gasteiger partial charge is 0.464 e. The molecule has 1 aliphatic rings. The number of para-hydroxylation sites is 2. The molecule has 7 heteroatoms. The van der Waals surface area contributed by atoms with E-state index in [0.29, 0.717) is 11.5 Å². The van der Waals surface area contributed by atoms with Crippen molar-refractivity contribution >= 4 is 8.60 Å². The third-order valence-corrected chi connectivity index (χ3v) is 3.86. The molecule has 0 saturated heterocycles. The Morgan fingerprint density at radius 1 is 0.857 bits per heavy atom. The molecule has 2 aromatic rings. The first-order valence-corrected chi connectivity index (χ1v) is 7.17. The summed E-state index contributed by atoms with van der Waals surface area (Å²) in [7, 11) is -2.12. The predicted octanol–water partition coefficient (Wildman–Crippen LogP) is 5.00. The van der Waals surface area contributed by atoms with Gasteiger partial charge in [0.05, 0.1) is 0 Å². The minimum absolute atomic E-state index is 0.00987. The molecule has 0 spiro atoms. The first kappa shape index (κ1) is 14.2. The Kier molecular flexibility index (Phi) is 3.74. The maximum absolute atomic E-state index is 13.2. The first-order chi connectivity index (χ1) is 10.0. The molecule has 0 aliphatic carbocycles. The summed E-state index contributed by atoms with van der Waals surface area (Å²) in [4.78, 5) is 0. The van der Waals surface area contributed by atoms with Crippen molar-refractivity contribution in [2.45, 2.75) is 12.3 Å². The maximum Gasteiger partial charge on any atom is 0.464 e. The highest BCUT2D eigenvalue weighted by Crippen LogP contribution is 2.56. The van der Waals surface area contributed by atoms with Gasteiger partial charge in [-0.1, -0.05) is 42.5 Å². The number of rotatable bonds is 3. The molecule has 21 heavy (non-hydrogen) atoms. The Bertz CT molecular complexity index is 593. The summed E-state index contributed by atoms with van der Waals surface area (Å²) in [5, 5.41) is 0. The highest BCUT2D eigenvalue weighted by molar-refractivity contribution is 7.43. The summed E-state index contributed by atoms with van der Waals surface area (Å²) in [6.07, 6.45) is -6.63. The summed E-state index contributed by atoms with van der Waals surface area (Å²) in [5.41, 5.74) is 0.00987. The molecule has 1 atom stereocenters. The van der Waals surface area contributed by atoms with Crippen LogP contribution in [0.3, 0.4) is 0 Å². The van der Waals surface area contributed by atoms with Crippen LogP contribution in [-0.4, -0.2) is 6.18 Å². The van der Waals surface area contributed by atoms with Crippen molar-refractivity contribution in [1.82, 2.24) is 0 Å². The number of hydrogen-bond acceptors (Lipinski definition) is 3. The topological polar surface area (TPSA) is 27.7 Å². The lowest BCUT2D eigenvalue weighted by Gasteiger charge is -2.21. The van der Waals surface area contributed by atoms with Gasteiger partial charge < -0.3 is 9.05 Å². The van der Waals surface area contributed by atoms with Gasteiger partial charge in [-0.2, -0.15) is 13.2 Å². The number of alkyl halides is 3. The van der Waals surface area contributed by atoms with E-state index in [1.54, 1.807) is 30.3 Å². The summed E-state index contributed by atoms with van der Waals surface area (Å²) >= 11 is 0. The van der Waals surface area contributed by atoms with E-state index in [9.17, 15) is 13.2 Å². The Morgan fingerprint density at radius 2 is 1.38 bits per heavy atom. The van der Waals surface area contributed by atoms with E-state index in [1.807, 2.05) is 0 Å². The van der Waals surface area contributed by atoms with Gasteiger partial charge in [0, 0.05) is 0 Å². The summed E-state index contributed by atoms with van der Waals surface area (Å²) in [5.74, 6) is 0.773. The quantitative estimate of drug-likeness (QED) is 0.746. The van der Waals surface area contributed by atoms with Gasteiger partial charge in [0.1, 0.15) is 0 Å². The van der Waals surface area contributed by atoms with E-state index in [0.717, 1.165) is 0 Å². The molecule has 0 N–H and O–H groups in total. The monoisotopic (exact) mass is 314 g/mol. The molecule has 0 radical (unpaired) electrons. The van der Waals surface area contributed by atoms with E-state index in [4.69, 9.17) is 13.6 Å². The van der Waals surface area contributed by atoms with Crippen LogP contribution in [0.15, 0.2) is 54.6 Å². The molecular formula is C14H10F3O3P. The van der Waals surface area contributed by atoms with E-state index >= 15 is 0 Å². The van der Waals surface area contributed by atoms with Crippen molar-refractivity contribution < 1.29 is 26.7 Å². The fraction of sp³-hybridized carbons (Fsp3) is 0.143. The maximum atomic E-state index is 13.2. The molecule has 0 fully saturated rings. The van der Waals surface area contributed by atoms with Crippen molar-refractivity contribution in [3.05, 3.63) is 60.2 Å². The molecule has 1 heterocycles. The third kappa shape index (κ3) is 3.12. The van der Waals surface area contributed by atoms with Gasteiger partial charge in [0.25, 0.3) is 0 Å². The van der Waals surface area contributed by atoms with Gasteiger partial charge in [-0.25, -0.2) is 0 Å². The summed E-state index contributed by atoms with van der Waals surface area (Å²) in [6.45, 7) is 0. The molecule has 2 aromatic carbocycles. The second-order valence-corrected chi connectivity index (χ2v) is 5.31. The van der Waals surface area contributed by atoms with E-state index in [2.05, 4.69) is 0 Å². The molecule has 0 amide bonds. The zero-order chi connectivity index (χ0) is 14.9. The van der Waals surface area contributed by atoms with Crippen LogP contribution in [0.4, 0.5) is 13.2 Å². The Hall–Kier alpha value is -1.78. The smallest absolute Gasteiger partial charge is 0.414 e. The van der Waals surface area contributed by atoms with Gasteiger partial charge in [-0.15, -0.1) is 0 Å². The lowest BCUT2D eigenvalue weighted by atomic mass is 10.1. The van der Waals surface area contributed by atoms with Gasteiger partial charge >= 0.3 is 14.8 Å². The van der Waals surface area contributed by atoms with Gasteiger partial charge in [-0.3, -0.25) is 4.52 Å². The lowest BCUT2D eigenvalue weighted by molar-refractivity contribution is -0.198. The fourth-order valence-electron chi connectivity index (χ4n) is 1.85. The van der Waals surface area contributed by atoms with Crippen LogP contribution in [0.5, 0.6) is 11.5 Å². The van der Waals surface area contributed by atoms with Crippen molar-refractivity contribution in [3.63, 3.8) is 0 Å². The highest BCUT2D eigenvalue weighted by atomic mass is 31.2. The van der Waals surface area contributed by atoms with Crippen molar-refractivity contribution in [3.8, 4) is 11.5 Å². The Morgan fingerprint density at radius 3 is 1.90 bits per heavy atom. The standard InChI is InChI=1S/C14H10F3O3P/c15-14(16,17)13(10-6-2-1-3-7-10)20-21-18-11-8-4-5-9-12(11)19-21/h1-9,13H. The molecule has 3 rings (SSSR count). The average molecular weight is 314 g/mol. The van der Waals surface area contributed by atoms with E-state index < -0.39 is 20.9 Å². The molecular weight excluding hydrogens is 304 g/mol. The zero-order valence-corrected chi connectivity index (χ0v) is 11.5. The molecule has 3 nitrogen and oxygen atoms in total. The van der Waals surface area contributed by atoms with Crippen molar-refractivity contribution in [2.75, 3.05) is 0 Å². The minimum atomic E-state index is -4.55. The van der Waals surface area contributed by atoms with Crippen LogP contribution in [-0.2, 0) is 4.52 Å². The van der Waals surface area contributed by atoms with Gasteiger partial charge in [0.15, 0.2) is 17.6 Å². The first-order valence-electron chi connectivity index (χ1n) is 6.07. The van der Waals surface area contributed by atoms with Gasteiger partial charge in [-0.05, 0) is 17.7 Å². The minimum Gasteiger partial charge on any atom is -0.414 e. The second-order valence-electron chi connectivity index (χ2n) is 4.29. The molecule has 1 aliphatic heterocycles.